The first-order valence-electron chi connectivity index (χ1n) is 4.04. The molecule has 0 radical (unpaired) electrons. The molecular formula is C7H5N2NaO7S. The Kier molecular flexibility index (Phi) is 5.37. The summed E-state index contributed by atoms with van der Waals surface area (Å²) in [5.41, 5.74) is -1.86. The van der Waals surface area contributed by atoms with Crippen molar-refractivity contribution in [1.29, 1.82) is 0 Å². The molecular weight excluding hydrogens is 279 g/mol. The van der Waals surface area contributed by atoms with Crippen LogP contribution in [0.1, 0.15) is 5.56 Å². The molecule has 1 rings (SSSR count). The average molecular weight is 284 g/mol. The summed E-state index contributed by atoms with van der Waals surface area (Å²) in [6, 6.07) is 1.08. The second kappa shape index (κ2) is 5.71. The van der Waals surface area contributed by atoms with Crippen molar-refractivity contribution in [2.45, 2.75) is 11.8 Å². The Morgan fingerprint density at radius 3 is 1.83 bits per heavy atom. The Labute approximate surface area is 123 Å². The van der Waals surface area contributed by atoms with Crippen molar-refractivity contribution in [2.75, 3.05) is 0 Å². The molecule has 0 N–H and O–H groups in total. The molecule has 9 nitrogen and oxygen atoms in total. The molecule has 0 saturated heterocycles. The van der Waals surface area contributed by atoms with Gasteiger partial charge in [0.15, 0.2) is 0 Å². The largest absolute Gasteiger partial charge is 1.00 e. The minimum atomic E-state index is -5.06. The van der Waals surface area contributed by atoms with Crippen LogP contribution in [0.3, 0.4) is 0 Å². The number of nitrogens with zero attached hydrogens (tertiary/aromatic N) is 2. The third kappa shape index (κ3) is 3.46. The molecule has 0 aliphatic rings. The molecule has 0 heterocycles. The van der Waals surface area contributed by atoms with Crippen LogP contribution in [0.5, 0.6) is 0 Å². The Balaban J connectivity index is 0.00000289. The smallest absolute Gasteiger partial charge is 0.744 e. The van der Waals surface area contributed by atoms with Gasteiger partial charge in [-0.15, -0.1) is 0 Å². The molecule has 0 saturated carbocycles. The minimum Gasteiger partial charge on any atom is -0.744 e. The van der Waals surface area contributed by atoms with Gasteiger partial charge in [-0.25, -0.2) is 8.42 Å². The Hall–Kier alpha value is -1.07. The molecule has 0 aromatic heterocycles. The Bertz CT molecular complexity index is 612. The SMILES string of the molecule is Cc1cc(S(=O)(=O)[O-])c([N+](=O)[O-])cc1[N+](=O)[O-].[Na+]. The summed E-state index contributed by atoms with van der Waals surface area (Å²) in [4.78, 5) is 17.9. The van der Waals surface area contributed by atoms with Crippen molar-refractivity contribution >= 4 is 21.5 Å². The maximum absolute atomic E-state index is 10.8. The van der Waals surface area contributed by atoms with Gasteiger partial charge in [-0.05, 0) is 13.0 Å². The van der Waals surface area contributed by atoms with Gasteiger partial charge in [-0.3, -0.25) is 20.2 Å². The zero-order chi connectivity index (χ0) is 13.4. The molecule has 18 heavy (non-hydrogen) atoms. The molecule has 1 aromatic carbocycles. The molecule has 0 bridgehead atoms. The maximum atomic E-state index is 10.8. The van der Waals surface area contributed by atoms with Gasteiger partial charge >= 0.3 is 29.6 Å². The van der Waals surface area contributed by atoms with E-state index < -0.39 is 36.2 Å². The molecule has 0 aliphatic carbocycles. The molecule has 1 aromatic rings. The average Bonchev–Trinajstić information content (AvgIpc) is 2.14. The van der Waals surface area contributed by atoms with Crippen LogP contribution in [0, 0.1) is 27.2 Å². The zero-order valence-corrected chi connectivity index (χ0v) is 12.1. The van der Waals surface area contributed by atoms with E-state index in [9.17, 15) is 33.2 Å². The first-order chi connectivity index (χ1) is 7.64. The van der Waals surface area contributed by atoms with Crippen LogP contribution in [0.4, 0.5) is 11.4 Å². The van der Waals surface area contributed by atoms with Crippen LogP contribution in [0.15, 0.2) is 17.0 Å². The van der Waals surface area contributed by atoms with Crippen molar-refractivity contribution in [1.82, 2.24) is 0 Å². The molecule has 0 aliphatic heterocycles. The fraction of sp³-hybridized carbons (Fsp3) is 0.143. The van der Waals surface area contributed by atoms with Gasteiger partial charge in [-0.2, -0.15) is 0 Å². The first-order valence-corrected chi connectivity index (χ1v) is 5.44. The predicted octanol–water partition coefficient (Wildman–Crippen LogP) is -2.28. The zero-order valence-electron chi connectivity index (χ0n) is 9.32. The van der Waals surface area contributed by atoms with Crippen LogP contribution in [0.25, 0.3) is 0 Å². The number of nitro benzene ring substituents is 2. The molecule has 0 amide bonds. The molecule has 11 heteroatoms. The van der Waals surface area contributed by atoms with E-state index in [1.807, 2.05) is 0 Å². The first kappa shape index (κ1) is 16.9. The second-order valence-electron chi connectivity index (χ2n) is 3.07. The molecule has 0 unspecified atom stereocenters. The van der Waals surface area contributed by atoms with Crippen LogP contribution in [-0.4, -0.2) is 22.8 Å². The van der Waals surface area contributed by atoms with E-state index in [1.54, 1.807) is 0 Å². The van der Waals surface area contributed by atoms with Gasteiger partial charge in [0.05, 0.1) is 15.9 Å². The van der Waals surface area contributed by atoms with Crippen LogP contribution < -0.4 is 29.6 Å². The normalized spacial score (nSPS) is 10.6. The summed E-state index contributed by atoms with van der Waals surface area (Å²) in [5, 5.41) is 21.0. The molecule has 0 fully saturated rings. The number of hydrogen-bond donors (Lipinski definition) is 0. The van der Waals surface area contributed by atoms with Gasteiger partial charge in [0.2, 0.25) is 0 Å². The summed E-state index contributed by atoms with van der Waals surface area (Å²) in [7, 11) is -5.06. The van der Waals surface area contributed by atoms with Crippen molar-refractivity contribution in [3.8, 4) is 0 Å². The number of rotatable bonds is 3. The van der Waals surface area contributed by atoms with Gasteiger partial charge in [-0.1, -0.05) is 0 Å². The van der Waals surface area contributed by atoms with E-state index in [0.29, 0.717) is 12.1 Å². The van der Waals surface area contributed by atoms with Crippen LogP contribution in [0.2, 0.25) is 0 Å². The fourth-order valence-electron chi connectivity index (χ4n) is 1.20. The van der Waals surface area contributed by atoms with Crippen molar-refractivity contribution in [2.24, 2.45) is 0 Å². The predicted molar refractivity (Wildman–Crippen MR) is 52.5 cm³/mol. The quantitative estimate of drug-likeness (QED) is 0.263. The van der Waals surface area contributed by atoms with E-state index in [0.717, 1.165) is 0 Å². The Morgan fingerprint density at radius 2 is 1.50 bits per heavy atom. The van der Waals surface area contributed by atoms with E-state index in [1.165, 1.54) is 6.92 Å². The van der Waals surface area contributed by atoms with Gasteiger partial charge < -0.3 is 4.55 Å². The number of nitro groups is 2. The van der Waals surface area contributed by atoms with Crippen molar-refractivity contribution in [3.63, 3.8) is 0 Å². The van der Waals surface area contributed by atoms with Crippen molar-refractivity contribution in [3.05, 3.63) is 37.9 Å². The van der Waals surface area contributed by atoms with Gasteiger partial charge in [0, 0.05) is 5.56 Å². The maximum Gasteiger partial charge on any atom is 1.00 e. The van der Waals surface area contributed by atoms with Crippen molar-refractivity contribution < 1.29 is 52.4 Å². The third-order valence-corrected chi connectivity index (χ3v) is 2.81. The van der Waals surface area contributed by atoms with Gasteiger partial charge in [0.1, 0.15) is 15.0 Å². The van der Waals surface area contributed by atoms with E-state index in [-0.39, 0.29) is 35.1 Å². The van der Waals surface area contributed by atoms with Crippen LogP contribution >= 0.6 is 0 Å². The summed E-state index contributed by atoms with van der Waals surface area (Å²) >= 11 is 0. The number of hydrogen-bond acceptors (Lipinski definition) is 7. The summed E-state index contributed by atoms with van der Waals surface area (Å²) < 4.78 is 32.3. The topological polar surface area (TPSA) is 143 Å². The van der Waals surface area contributed by atoms with E-state index >= 15 is 0 Å². The second-order valence-corrected chi connectivity index (χ2v) is 4.42. The number of benzene rings is 1. The summed E-state index contributed by atoms with van der Waals surface area (Å²) in [5.74, 6) is 0. The summed E-state index contributed by atoms with van der Waals surface area (Å²) in [6.45, 7) is 1.18. The number of aryl methyl sites for hydroxylation is 1. The Morgan fingerprint density at radius 1 is 1.06 bits per heavy atom. The van der Waals surface area contributed by atoms with E-state index in [4.69, 9.17) is 0 Å². The minimum absolute atomic E-state index is 0. The van der Waals surface area contributed by atoms with Crippen LogP contribution in [-0.2, 0) is 10.1 Å². The molecule has 0 spiro atoms. The third-order valence-electron chi connectivity index (χ3n) is 1.94. The monoisotopic (exact) mass is 284 g/mol. The molecule has 0 atom stereocenters. The fourth-order valence-corrected chi connectivity index (χ4v) is 1.91. The molecule has 92 valence electrons. The summed E-state index contributed by atoms with van der Waals surface area (Å²) in [6.07, 6.45) is 0. The standard InChI is InChI=1S/C7H6N2O7S.Na/c1-4-2-7(17(14,15)16)6(9(12)13)3-5(4)8(10)11;/h2-3H,1H3,(H,14,15,16);/q;+1/p-1. The van der Waals surface area contributed by atoms with E-state index in [2.05, 4.69) is 0 Å². The van der Waals surface area contributed by atoms with Gasteiger partial charge in [0.25, 0.3) is 11.4 Å².